The molecule has 0 spiro atoms. The van der Waals surface area contributed by atoms with Crippen LogP contribution in [0.2, 0.25) is 0 Å². The Morgan fingerprint density at radius 3 is 1.36 bits per heavy atom. The molecule has 0 nitrogen and oxygen atoms in total. The van der Waals surface area contributed by atoms with Crippen LogP contribution < -0.4 is 18.9 Å². The van der Waals surface area contributed by atoms with Gasteiger partial charge < -0.3 is 5.92 Å². The Balaban J connectivity index is 0.000000480. The van der Waals surface area contributed by atoms with Crippen molar-refractivity contribution < 1.29 is 18.9 Å². The van der Waals surface area contributed by atoms with Crippen molar-refractivity contribution in [1.82, 2.24) is 0 Å². The molecule has 0 amide bonds. The van der Waals surface area contributed by atoms with Crippen molar-refractivity contribution in [2.75, 3.05) is 0 Å². The van der Waals surface area contributed by atoms with E-state index in [9.17, 15) is 0 Å². The predicted octanol–water partition coefficient (Wildman–Crippen LogP) is -0.205. The van der Waals surface area contributed by atoms with Gasteiger partial charge in [0.25, 0.3) is 0 Å². The van der Waals surface area contributed by atoms with Gasteiger partial charge in [-0.15, -0.1) is 0 Å². The molecular formula is C10H15Li. The van der Waals surface area contributed by atoms with Gasteiger partial charge in [-0.3, -0.25) is 0 Å². The van der Waals surface area contributed by atoms with E-state index in [0.29, 0.717) is 0 Å². The summed E-state index contributed by atoms with van der Waals surface area (Å²) < 4.78 is 0. The second-order valence-corrected chi connectivity index (χ2v) is 4.67. The first kappa shape index (κ1) is 8.21. The molecule has 4 fully saturated rings. The van der Waals surface area contributed by atoms with E-state index in [0.717, 1.165) is 17.8 Å². The average Bonchev–Trinajstić information content (AvgIpc) is 1.82. The SMILES string of the molecule is C1[C-]2CC3CC1CC(C2)C3.[Li+]. The molecule has 0 saturated heterocycles. The number of rotatable bonds is 0. The Morgan fingerprint density at radius 2 is 1.09 bits per heavy atom. The molecule has 0 aromatic heterocycles. The minimum Gasteiger partial charge on any atom is -0.313 e. The van der Waals surface area contributed by atoms with Crippen LogP contribution in [-0.2, 0) is 0 Å². The molecule has 1 heteroatoms. The molecule has 0 atom stereocenters. The normalized spacial score (nSPS) is 47.5. The molecule has 4 aliphatic rings. The third-order valence-electron chi connectivity index (χ3n) is 3.73. The predicted molar refractivity (Wildman–Crippen MR) is 41.4 cm³/mol. The van der Waals surface area contributed by atoms with Crippen LogP contribution in [-0.4, -0.2) is 0 Å². The van der Waals surface area contributed by atoms with Gasteiger partial charge in [-0.2, -0.15) is 19.3 Å². The smallest absolute Gasteiger partial charge is 0.313 e. The fraction of sp³-hybridized carbons (Fsp3) is 0.900. The van der Waals surface area contributed by atoms with Crippen molar-refractivity contribution in [2.24, 2.45) is 17.8 Å². The van der Waals surface area contributed by atoms with Crippen molar-refractivity contribution >= 4 is 0 Å². The Morgan fingerprint density at radius 1 is 0.727 bits per heavy atom. The minimum absolute atomic E-state index is 0. The minimum atomic E-state index is 0. The zero-order valence-electron chi connectivity index (χ0n) is 7.47. The van der Waals surface area contributed by atoms with Crippen molar-refractivity contribution in [2.45, 2.75) is 38.5 Å². The van der Waals surface area contributed by atoms with Gasteiger partial charge in [0.15, 0.2) is 0 Å². The summed E-state index contributed by atoms with van der Waals surface area (Å²) in [6.45, 7) is 0. The summed E-state index contributed by atoms with van der Waals surface area (Å²) in [5.74, 6) is 5.35. The molecule has 0 radical (unpaired) electrons. The molecule has 4 saturated carbocycles. The van der Waals surface area contributed by atoms with E-state index in [4.69, 9.17) is 0 Å². The topological polar surface area (TPSA) is 0 Å². The summed E-state index contributed by atoms with van der Waals surface area (Å²) in [5, 5.41) is 0. The zero-order chi connectivity index (χ0) is 6.55. The van der Waals surface area contributed by atoms with E-state index in [1.807, 2.05) is 5.92 Å². The summed E-state index contributed by atoms with van der Waals surface area (Å²) in [6.07, 6.45) is 9.31. The van der Waals surface area contributed by atoms with E-state index < -0.39 is 0 Å². The third-order valence-corrected chi connectivity index (χ3v) is 3.73. The largest absolute Gasteiger partial charge is 1.00 e. The van der Waals surface area contributed by atoms with Crippen molar-refractivity contribution in [3.8, 4) is 0 Å². The number of hydrogen-bond acceptors (Lipinski definition) is 0. The van der Waals surface area contributed by atoms with Crippen LogP contribution in [0.1, 0.15) is 38.5 Å². The first-order chi connectivity index (χ1) is 4.90. The van der Waals surface area contributed by atoms with Gasteiger partial charge in [0.05, 0.1) is 0 Å². The Kier molecular flexibility index (Phi) is 2.11. The van der Waals surface area contributed by atoms with Gasteiger partial charge in [0.1, 0.15) is 0 Å². The molecular weight excluding hydrogens is 127 g/mol. The summed E-state index contributed by atoms with van der Waals surface area (Å²) in [5.41, 5.74) is 0. The molecule has 0 heterocycles. The molecule has 4 rings (SSSR count). The van der Waals surface area contributed by atoms with Gasteiger partial charge in [0.2, 0.25) is 0 Å². The third kappa shape index (κ3) is 1.29. The van der Waals surface area contributed by atoms with Gasteiger partial charge in [-0.05, 0) is 0 Å². The molecule has 0 N–H and O–H groups in total. The van der Waals surface area contributed by atoms with Crippen LogP contribution in [0.15, 0.2) is 0 Å². The standard InChI is InChI=1S/C10H15.Li/c1-7-2-9-4-8(1)5-10(3-7)6-9;/h7-9H,1-6H2;/q-1;+1. The second-order valence-electron chi connectivity index (χ2n) is 4.67. The first-order valence-electron chi connectivity index (χ1n) is 4.73. The Bertz CT molecular complexity index is 96.4. The van der Waals surface area contributed by atoms with Crippen molar-refractivity contribution in [1.29, 1.82) is 0 Å². The van der Waals surface area contributed by atoms with Crippen LogP contribution in [0.3, 0.4) is 0 Å². The van der Waals surface area contributed by atoms with Crippen LogP contribution in [0.5, 0.6) is 0 Å². The van der Waals surface area contributed by atoms with E-state index in [2.05, 4.69) is 0 Å². The van der Waals surface area contributed by atoms with Gasteiger partial charge in [-0.25, -0.2) is 0 Å². The second kappa shape index (κ2) is 2.82. The average molecular weight is 142 g/mol. The van der Waals surface area contributed by atoms with Crippen molar-refractivity contribution in [3.05, 3.63) is 5.92 Å². The fourth-order valence-electron chi connectivity index (χ4n) is 3.68. The van der Waals surface area contributed by atoms with E-state index in [1.54, 1.807) is 19.3 Å². The van der Waals surface area contributed by atoms with Gasteiger partial charge in [-0.1, -0.05) is 37.0 Å². The van der Waals surface area contributed by atoms with Crippen LogP contribution in [0.4, 0.5) is 0 Å². The Labute approximate surface area is 81.3 Å². The Hall–Kier alpha value is 0.597. The van der Waals surface area contributed by atoms with Crippen LogP contribution in [0, 0.1) is 23.7 Å². The summed E-state index contributed by atoms with van der Waals surface area (Å²) in [6, 6.07) is 0. The molecule has 0 unspecified atom stereocenters. The van der Waals surface area contributed by atoms with Gasteiger partial charge in [0, 0.05) is 0 Å². The van der Waals surface area contributed by atoms with E-state index in [1.165, 1.54) is 19.3 Å². The maximum atomic E-state index is 1.93. The molecule has 56 valence electrons. The fourth-order valence-corrected chi connectivity index (χ4v) is 3.68. The maximum Gasteiger partial charge on any atom is 1.00 e. The zero-order valence-corrected chi connectivity index (χ0v) is 7.47. The maximum absolute atomic E-state index is 1.93. The molecule has 0 aromatic rings. The van der Waals surface area contributed by atoms with Crippen LogP contribution >= 0.6 is 0 Å². The first-order valence-corrected chi connectivity index (χ1v) is 4.73. The van der Waals surface area contributed by atoms with Gasteiger partial charge >= 0.3 is 18.9 Å². The van der Waals surface area contributed by atoms with Crippen molar-refractivity contribution in [3.63, 3.8) is 0 Å². The van der Waals surface area contributed by atoms with E-state index >= 15 is 0 Å². The monoisotopic (exact) mass is 142 g/mol. The van der Waals surface area contributed by atoms with Crippen LogP contribution in [0.25, 0.3) is 0 Å². The molecule has 0 aromatic carbocycles. The molecule has 4 aliphatic carbocycles. The quantitative estimate of drug-likeness (QED) is 0.324. The summed E-state index contributed by atoms with van der Waals surface area (Å²) >= 11 is 0. The summed E-state index contributed by atoms with van der Waals surface area (Å²) in [4.78, 5) is 0. The molecule has 0 aliphatic heterocycles. The molecule has 4 bridgehead atoms. The number of hydrogen-bond donors (Lipinski definition) is 0. The summed E-state index contributed by atoms with van der Waals surface area (Å²) in [7, 11) is 0. The molecule has 11 heavy (non-hydrogen) atoms. The van der Waals surface area contributed by atoms with E-state index in [-0.39, 0.29) is 18.9 Å².